The predicted octanol–water partition coefficient (Wildman–Crippen LogP) is 3.06. The van der Waals surface area contributed by atoms with Gasteiger partial charge in [0.1, 0.15) is 0 Å². The quantitative estimate of drug-likeness (QED) is 0.517. The van der Waals surface area contributed by atoms with Crippen molar-refractivity contribution in [3.63, 3.8) is 0 Å². The largest absolute Gasteiger partial charge is 0.0840 e. The first kappa shape index (κ1) is 6.21. The van der Waals surface area contributed by atoms with Crippen LogP contribution >= 0.6 is 0 Å². The standard InChI is InChI=1S/C10H14/c1-2-5-9(6-3-1)10-7-4-8-10/h2,5-6,10H,1,3-4,7-8H2. The second-order valence-corrected chi connectivity index (χ2v) is 3.31. The minimum absolute atomic E-state index is 0.941. The van der Waals surface area contributed by atoms with E-state index in [-0.39, 0.29) is 0 Å². The van der Waals surface area contributed by atoms with Gasteiger partial charge in [0.05, 0.1) is 0 Å². The Hall–Kier alpha value is -0.520. The fraction of sp³-hybridized carbons (Fsp3) is 0.600. The van der Waals surface area contributed by atoms with E-state index < -0.39 is 0 Å². The van der Waals surface area contributed by atoms with E-state index in [0.29, 0.717) is 0 Å². The summed E-state index contributed by atoms with van der Waals surface area (Å²) in [5.74, 6) is 0.941. The van der Waals surface area contributed by atoms with E-state index in [0.717, 1.165) is 5.92 Å². The van der Waals surface area contributed by atoms with Crippen molar-refractivity contribution >= 4 is 0 Å². The van der Waals surface area contributed by atoms with Crippen LogP contribution in [0.1, 0.15) is 32.1 Å². The van der Waals surface area contributed by atoms with Crippen molar-refractivity contribution in [2.75, 3.05) is 0 Å². The number of rotatable bonds is 1. The summed E-state index contributed by atoms with van der Waals surface area (Å²) in [6, 6.07) is 0. The summed E-state index contributed by atoms with van der Waals surface area (Å²) < 4.78 is 0. The smallest absolute Gasteiger partial charge is 0.0165 e. The van der Waals surface area contributed by atoms with Gasteiger partial charge in [0.15, 0.2) is 0 Å². The Morgan fingerprint density at radius 3 is 2.60 bits per heavy atom. The summed E-state index contributed by atoms with van der Waals surface area (Å²) in [4.78, 5) is 0. The molecule has 0 unspecified atom stereocenters. The van der Waals surface area contributed by atoms with Gasteiger partial charge in [-0.1, -0.05) is 24.6 Å². The average Bonchev–Trinajstić information content (AvgIpc) is 1.86. The van der Waals surface area contributed by atoms with Gasteiger partial charge in [-0.25, -0.2) is 0 Å². The van der Waals surface area contributed by atoms with Gasteiger partial charge in [-0.15, -0.1) is 0 Å². The minimum atomic E-state index is 0.941. The van der Waals surface area contributed by atoms with Crippen LogP contribution in [0.15, 0.2) is 23.8 Å². The maximum atomic E-state index is 2.42. The van der Waals surface area contributed by atoms with Crippen molar-refractivity contribution in [2.24, 2.45) is 5.92 Å². The Morgan fingerprint density at radius 2 is 2.10 bits per heavy atom. The first-order chi connectivity index (χ1) is 4.97. The van der Waals surface area contributed by atoms with Crippen molar-refractivity contribution in [3.8, 4) is 0 Å². The normalized spacial score (nSPS) is 25.8. The third-order valence-electron chi connectivity index (χ3n) is 2.60. The monoisotopic (exact) mass is 134 g/mol. The topological polar surface area (TPSA) is 0 Å². The molecule has 0 atom stereocenters. The molecule has 1 saturated carbocycles. The molecule has 0 heteroatoms. The van der Waals surface area contributed by atoms with E-state index in [1.54, 1.807) is 5.57 Å². The molecule has 0 saturated heterocycles. The molecule has 54 valence electrons. The molecule has 0 aliphatic heterocycles. The van der Waals surface area contributed by atoms with Crippen LogP contribution < -0.4 is 0 Å². The molecular weight excluding hydrogens is 120 g/mol. The maximum absolute atomic E-state index is 2.42. The highest BCUT2D eigenvalue weighted by atomic mass is 14.2. The lowest BCUT2D eigenvalue weighted by Gasteiger charge is -2.27. The lowest BCUT2D eigenvalue weighted by Crippen LogP contribution is -2.13. The molecule has 0 radical (unpaired) electrons. The van der Waals surface area contributed by atoms with Crippen molar-refractivity contribution in [1.29, 1.82) is 0 Å². The zero-order valence-electron chi connectivity index (χ0n) is 6.34. The molecule has 0 nitrogen and oxygen atoms in total. The molecule has 10 heavy (non-hydrogen) atoms. The van der Waals surface area contributed by atoms with Gasteiger partial charge in [-0.3, -0.25) is 0 Å². The summed E-state index contributed by atoms with van der Waals surface area (Å²) in [6.07, 6.45) is 13.9. The highest BCUT2D eigenvalue weighted by molar-refractivity contribution is 5.26. The van der Waals surface area contributed by atoms with Gasteiger partial charge >= 0.3 is 0 Å². The van der Waals surface area contributed by atoms with E-state index in [9.17, 15) is 0 Å². The molecule has 0 aromatic carbocycles. The number of allylic oxidation sites excluding steroid dienone is 4. The molecule has 0 bridgehead atoms. The zero-order valence-corrected chi connectivity index (χ0v) is 6.34. The van der Waals surface area contributed by atoms with Crippen LogP contribution in [0.4, 0.5) is 0 Å². The lowest BCUT2D eigenvalue weighted by molar-refractivity contribution is 0.372. The highest BCUT2D eigenvalue weighted by Crippen LogP contribution is 2.35. The predicted molar refractivity (Wildman–Crippen MR) is 43.8 cm³/mol. The van der Waals surface area contributed by atoms with E-state index >= 15 is 0 Å². The van der Waals surface area contributed by atoms with Gasteiger partial charge < -0.3 is 0 Å². The van der Waals surface area contributed by atoms with E-state index in [4.69, 9.17) is 0 Å². The highest BCUT2D eigenvalue weighted by Gasteiger charge is 2.20. The molecule has 2 aliphatic carbocycles. The molecule has 2 aliphatic rings. The third-order valence-corrected chi connectivity index (χ3v) is 2.60. The molecule has 0 amide bonds. The molecule has 0 aromatic rings. The van der Waals surface area contributed by atoms with Crippen LogP contribution in [0.25, 0.3) is 0 Å². The Morgan fingerprint density at radius 1 is 1.20 bits per heavy atom. The summed E-state index contributed by atoms with van der Waals surface area (Å²) in [5.41, 5.74) is 1.62. The second kappa shape index (κ2) is 2.61. The SMILES string of the molecule is C1=CC(C2CCC2)=CCC1. The molecule has 1 fully saturated rings. The van der Waals surface area contributed by atoms with Crippen LogP contribution in [-0.4, -0.2) is 0 Å². The van der Waals surface area contributed by atoms with Crippen LogP contribution in [0.2, 0.25) is 0 Å². The van der Waals surface area contributed by atoms with E-state index in [1.807, 2.05) is 0 Å². The van der Waals surface area contributed by atoms with Gasteiger partial charge in [0.2, 0.25) is 0 Å². The lowest BCUT2D eigenvalue weighted by atomic mass is 9.78. The number of hydrogen-bond acceptors (Lipinski definition) is 0. The summed E-state index contributed by atoms with van der Waals surface area (Å²) in [6.45, 7) is 0. The molecule has 0 N–H and O–H groups in total. The van der Waals surface area contributed by atoms with Gasteiger partial charge in [0, 0.05) is 0 Å². The summed E-state index contributed by atoms with van der Waals surface area (Å²) in [7, 11) is 0. The van der Waals surface area contributed by atoms with E-state index in [1.165, 1.54) is 32.1 Å². The Balaban J connectivity index is 2.01. The molecule has 0 heterocycles. The molecule has 2 rings (SSSR count). The number of hydrogen-bond donors (Lipinski definition) is 0. The zero-order chi connectivity index (χ0) is 6.81. The van der Waals surface area contributed by atoms with Crippen LogP contribution in [0, 0.1) is 5.92 Å². The molecule has 0 aromatic heterocycles. The minimum Gasteiger partial charge on any atom is -0.0840 e. The molecule has 0 spiro atoms. The van der Waals surface area contributed by atoms with E-state index in [2.05, 4.69) is 18.2 Å². The first-order valence-corrected chi connectivity index (χ1v) is 4.33. The van der Waals surface area contributed by atoms with Crippen LogP contribution in [0.5, 0.6) is 0 Å². The van der Waals surface area contributed by atoms with Crippen molar-refractivity contribution < 1.29 is 0 Å². The van der Waals surface area contributed by atoms with Gasteiger partial charge in [-0.05, 0) is 37.2 Å². The van der Waals surface area contributed by atoms with Crippen molar-refractivity contribution in [2.45, 2.75) is 32.1 Å². The molecular formula is C10H14. The van der Waals surface area contributed by atoms with Crippen LogP contribution in [-0.2, 0) is 0 Å². The summed E-state index contributed by atoms with van der Waals surface area (Å²) >= 11 is 0. The Bertz CT molecular complexity index is 170. The fourth-order valence-corrected chi connectivity index (χ4v) is 1.68. The van der Waals surface area contributed by atoms with Gasteiger partial charge in [0.25, 0.3) is 0 Å². The maximum Gasteiger partial charge on any atom is -0.0165 e. The van der Waals surface area contributed by atoms with Crippen LogP contribution in [0.3, 0.4) is 0 Å². The summed E-state index contributed by atoms with van der Waals surface area (Å²) in [5, 5.41) is 0. The van der Waals surface area contributed by atoms with Crippen molar-refractivity contribution in [3.05, 3.63) is 23.8 Å². The third kappa shape index (κ3) is 1.03. The Labute approximate surface area is 62.6 Å². The second-order valence-electron chi connectivity index (χ2n) is 3.31. The fourth-order valence-electron chi connectivity index (χ4n) is 1.68. The van der Waals surface area contributed by atoms with Crippen molar-refractivity contribution in [1.82, 2.24) is 0 Å². The van der Waals surface area contributed by atoms with Gasteiger partial charge in [-0.2, -0.15) is 0 Å². The average molecular weight is 134 g/mol. The Kier molecular flexibility index (Phi) is 1.62. The first-order valence-electron chi connectivity index (χ1n) is 4.33.